The monoisotopic (exact) mass is 401 g/mol. The highest BCUT2D eigenvalue weighted by Gasteiger charge is 2.39. The minimum Gasteiger partial charge on any atom is -0.497 e. The summed E-state index contributed by atoms with van der Waals surface area (Å²) in [6.07, 6.45) is -4.82. The highest BCUT2D eigenvalue weighted by molar-refractivity contribution is 7.91. The first-order chi connectivity index (χ1) is 12.5. The number of sulfone groups is 1. The van der Waals surface area contributed by atoms with Crippen molar-refractivity contribution in [3.05, 3.63) is 54.1 Å². The van der Waals surface area contributed by atoms with Crippen LogP contribution in [0.15, 0.2) is 58.3 Å². The molecule has 2 aromatic rings. The van der Waals surface area contributed by atoms with Crippen molar-refractivity contribution in [2.24, 2.45) is 0 Å². The van der Waals surface area contributed by atoms with E-state index in [-0.39, 0.29) is 16.2 Å². The first kappa shape index (κ1) is 20.8. The molecule has 0 aromatic heterocycles. The Bertz CT molecular complexity index is 909. The van der Waals surface area contributed by atoms with Crippen molar-refractivity contribution >= 4 is 15.7 Å². The van der Waals surface area contributed by atoms with Gasteiger partial charge in [0.2, 0.25) is 9.84 Å². The number of hydrogen-bond acceptors (Lipinski definition) is 4. The van der Waals surface area contributed by atoms with Gasteiger partial charge in [0.1, 0.15) is 5.75 Å². The topological polar surface area (TPSA) is 72.5 Å². The lowest BCUT2D eigenvalue weighted by atomic mass is 10.1. The summed E-state index contributed by atoms with van der Waals surface area (Å²) in [5, 5.41) is 1.86. The van der Waals surface area contributed by atoms with Crippen LogP contribution in [0, 0.1) is 0 Å². The Labute approximate surface area is 155 Å². The average molecular weight is 401 g/mol. The third kappa shape index (κ3) is 5.22. The van der Waals surface area contributed by atoms with Gasteiger partial charge in [0.25, 0.3) is 0 Å². The molecule has 0 aliphatic carbocycles. The standard InChI is InChI=1S/C18H18F3NO4S/c1-12(22-17(23)18(19,20)21)10-13-6-8-15(9-7-13)27(24,25)16-5-3-4-14(11-16)26-2/h3-9,11-12H,10H2,1-2H3,(H,22,23). The SMILES string of the molecule is COc1cccc(S(=O)(=O)c2ccc(CC(C)NC(=O)C(F)(F)F)cc2)c1. The lowest BCUT2D eigenvalue weighted by molar-refractivity contribution is -0.174. The molecule has 9 heteroatoms. The molecule has 146 valence electrons. The predicted octanol–water partition coefficient (Wildman–Crippen LogP) is 3.14. The number of carbonyl (C=O) groups is 1. The van der Waals surface area contributed by atoms with Gasteiger partial charge in [-0.2, -0.15) is 13.2 Å². The molecule has 0 saturated carbocycles. The Kier molecular flexibility index (Phi) is 6.15. The van der Waals surface area contributed by atoms with Gasteiger partial charge in [-0.3, -0.25) is 4.79 Å². The number of methoxy groups -OCH3 is 1. The minimum atomic E-state index is -4.94. The van der Waals surface area contributed by atoms with Gasteiger partial charge in [0.05, 0.1) is 16.9 Å². The number of amides is 1. The van der Waals surface area contributed by atoms with Crippen molar-refractivity contribution in [1.82, 2.24) is 5.32 Å². The van der Waals surface area contributed by atoms with Gasteiger partial charge in [0, 0.05) is 6.04 Å². The Morgan fingerprint density at radius 2 is 1.74 bits per heavy atom. The van der Waals surface area contributed by atoms with Gasteiger partial charge in [-0.25, -0.2) is 8.42 Å². The molecule has 1 unspecified atom stereocenters. The fourth-order valence-electron chi connectivity index (χ4n) is 2.42. The van der Waals surface area contributed by atoms with Gasteiger partial charge < -0.3 is 10.1 Å². The first-order valence-electron chi connectivity index (χ1n) is 7.90. The van der Waals surface area contributed by atoms with Crippen molar-refractivity contribution in [2.75, 3.05) is 7.11 Å². The second-order valence-corrected chi connectivity index (χ2v) is 7.85. The smallest absolute Gasteiger partial charge is 0.471 e. The van der Waals surface area contributed by atoms with Crippen LogP contribution in [0.2, 0.25) is 0 Å². The third-order valence-corrected chi connectivity index (χ3v) is 5.53. The largest absolute Gasteiger partial charge is 0.497 e. The zero-order valence-corrected chi connectivity index (χ0v) is 15.4. The molecule has 0 aliphatic rings. The van der Waals surface area contributed by atoms with Crippen LogP contribution < -0.4 is 10.1 Å². The Balaban J connectivity index is 2.13. The Morgan fingerprint density at radius 3 is 2.30 bits per heavy atom. The second kappa shape index (κ2) is 7.99. The van der Waals surface area contributed by atoms with E-state index < -0.39 is 28.0 Å². The molecule has 1 amide bonds. The maximum atomic E-state index is 12.7. The number of hydrogen-bond donors (Lipinski definition) is 1. The summed E-state index contributed by atoms with van der Waals surface area (Å²) < 4.78 is 67.1. The van der Waals surface area contributed by atoms with Crippen LogP contribution in [-0.4, -0.2) is 33.7 Å². The third-order valence-electron chi connectivity index (χ3n) is 3.76. The van der Waals surface area contributed by atoms with Gasteiger partial charge >= 0.3 is 12.1 Å². The normalized spacial score (nSPS) is 13.1. The first-order valence-corrected chi connectivity index (χ1v) is 9.38. The summed E-state index contributed by atoms with van der Waals surface area (Å²) in [5.74, 6) is -1.60. The van der Waals surface area contributed by atoms with E-state index in [2.05, 4.69) is 0 Å². The van der Waals surface area contributed by atoms with E-state index in [1.165, 1.54) is 50.4 Å². The number of ether oxygens (including phenoxy) is 1. The molecule has 2 aromatic carbocycles. The number of nitrogens with one attached hydrogen (secondary N) is 1. The highest BCUT2D eigenvalue weighted by Crippen LogP contribution is 2.24. The molecule has 0 spiro atoms. The van der Waals surface area contributed by atoms with E-state index in [0.29, 0.717) is 11.3 Å². The van der Waals surface area contributed by atoms with E-state index in [9.17, 15) is 26.4 Å². The summed E-state index contributed by atoms with van der Waals surface area (Å²) in [7, 11) is -2.32. The van der Waals surface area contributed by atoms with Crippen LogP contribution in [0.4, 0.5) is 13.2 Å². The average Bonchev–Trinajstić information content (AvgIpc) is 2.61. The van der Waals surface area contributed by atoms with Crippen molar-refractivity contribution in [3.63, 3.8) is 0 Å². The molecule has 0 bridgehead atoms. The summed E-state index contributed by atoms with van der Waals surface area (Å²) in [6.45, 7) is 1.44. The number of carbonyl (C=O) groups excluding carboxylic acids is 1. The van der Waals surface area contributed by atoms with Crippen LogP contribution in [0.1, 0.15) is 12.5 Å². The van der Waals surface area contributed by atoms with Crippen LogP contribution >= 0.6 is 0 Å². The van der Waals surface area contributed by atoms with E-state index in [1.54, 1.807) is 12.1 Å². The van der Waals surface area contributed by atoms with Crippen molar-refractivity contribution in [3.8, 4) is 5.75 Å². The lowest BCUT2D eigenvalue weighted by Crippen LogP contribution is -2.42. The van der Waals surface area contributed by atoms with Crippen molar-refractivity contribution in [2.45, 2.75) is 35.4 Å². The predicted molar refractivity (Wildman–Crippen MR) is 92.3 cm³/mol. The molecular weight excluding hydrogens is 383 g/mol. The van der Waals surface area contributed by atoms with Crippen molar-refractivity contribution in [1.29, 1.82) is 0 Å². The zero-order valence-electron chi connectivity index (χ0n) is 14.6. The molecule has 2 rings (SSSR count). The maximum Gasteiger partial charge on any atom is 0.471 e. The van der Waals surface area contributed by atoms with Gasteiger partial charge in [-0.1, -0.05) is 18.2 Å². The Morgan fingerprint density at radius 1 is 1.11 bits per heavy atom. The van der Waals surface area contributed by atoms with Crippen LogP contribution in [0.25, 0.3) is 0 Å². The zero-order chi connectivity index (χ0) is 20.2. The summed E-state index contributed by atoms with van der Waals surface area (Å²) in [5.41, 5.74) is 0.592. The molecule has 1 N–H and O–H groups in total. The van der Waals surface area contributed by atoms with Crippen LogP contribution in [-0.2, 0) is 21.1 Å². The van der Waals surface area contributed by atoms with Gasteiger partial charge in [-0.15, -0.1) is 0 Å². The Hall–Kier alpha value is -2.55. The summed E-state index contributed by atoms with van der Waals surface area (Å²) in [4.78, 5) is 11.1. The molecule has 0 radical (unpaired) electrons. The number of rotatable bonds is 6. The molecular formula is C18H18F3NO4S. The molecule has 1 atom stereocenters. The quantitative estimate of drug-likeness (QED) is 0.807. The summed E-state index contributed by atoms with van der Waals surface area (Å²) in [6, 6.07) is 11.0. The van der Waals surface area contributed by atoms with E-state index in [4.69, 9.17) is 4.74 Å². The van der Waals surface area contributed by atoms with Crippen LogP contribution in [0.3, 0.4) is 0 Å². The molecule has 0 fully saturated rings. The second-order valence-electron chi connectivity index (χ2n) is 5.90. The fraction of sp³-hybridized carbons (Fsp3) is 0.278. The number of halogens is 3. The van der Waals surface area contributed by atoms with Crippen LogP contribution in [0.5, 0.6) is 5.75 Å². The maximum absolute atomic E-state index is 12.7. The minimum absolute atomic E-state index is 0.0477. The van der Waals surface area contributed by atoms with E-state index >= 15 is 0 Å². The highest BCUT2D eigenvalue weighted by atomic mass is 32.2. The van der Waals surface area contributed by atoms with E-state index in [0.717, 1.165) is 0 Å². The molecule has 0 saturated heterocycles. The molecule has 0 heterocycles. The van der Waals surface area contributed by atoms with Gasteiger partial charge in [-0.05, 0) is 49.2 Å². The molecule has 0 aliphatic heterocycles. The summed E-state index contributed by atoms with van der Waals surface area (Å²) >= 11 is 0. The van der Waals surface area contributed by atoms with Crippen molar-refractivity contribution < 1.29 is 31.1 Å². The lowest BCUT2D eigenvalue weighted by Gasteiger charge is -2.15. The molecule has 27 heavy (non-hydrogen) atoms. The molecule has 5 nitrogen and oxygen atoms in total. The van der Waals surface area contributed by atoms with Gasteiger partial charge in [0.15, 0.2) is 0 Å². The number of benzene rings is 2. The fourth-order valence-corrected chi connectivity index (χ4v) is 3.71. The number of alkyl halides is 3. The van der Waals surface area contributed by atoms with E-state index in [1.807, 2.05) is 5.32 Å².